The Balaban J connectivity index is 0.000000439. The maximum atomic E-state index is 10.1. The summed E-state index contributed by atoms with van der Waals surface area (Å²) >= 11 is 0. The molecule has 0 amide bonds. The third-order valence-electron chi connectivity index (χ3n) is 11.1. The zero-order valence-electron chi connectivity index (χ0n) is 35.3. The molecule has 7 nitrogen and oxygen atoms in total. The second kappa shape index (κ2) is 17.9. The standard InChI is InChI=1S/C48H36N4.C7H6NO2.Rh/c1-29-5-13-33(14-6-29)45-37-21-23-39(49-37)46(34-15-7-30(2)8-16-34)41-25-27-43(51-41)48(36-19-11-32(4)12-20-36)44-28-26-42(52-44)47(40-24-22-38(45)50-40)35-17-9-31(3)10-18-35;1-6-2-4-7(5-3-6)8(9)10;/h5-28H,1-4H3;2-5H,1H2;/q-2;-1;+3. The van der Waals surface area contributed by atoms with E-state index < -0.39 is 4.92 Å². The summed E-state index contributed by atoms with van der Waals surface area (Å²) < 4.78 is 0. The van der Waals surface area contributed by atoms with Crippen LogP contribution in [0.1, 0.15) is 50.6 Å². The summed E-state index contributed by atoms with van der Waals surface area (Å²) in [5.74, 6) is 0. The predicted molar refractivity (Wildman–Crippen MR) is 255 cm³/mol. The quantitative estimate of drug-likeness (QED) is 0.0738. The van der Waals surface area contributed by atoms with E-state index in [9.17, 15) is 10.1 Å². The first-order chi connectivity index (χ1) is 30.1. The van der Waals surface area contributed by atoms with Gasteiger partial charge in [-0.3, -0.25) is 10.1 Å². The molecule has 5 heterocycles. The maximum Gasteiger partial charge on any atom is 3.00 e. The Labute approximate surface area is 379 Å². The van der Waals surface area contributed by atoms with Crippen LogP contribution < -0.4 is 9.97 Å². The van der Waals surface area contributed by atoms with E-state index in [1.54, 1.807) is 12.1 Å². The van der Waals surface area contributed by atoms with Crippen LogP contribution in [-0.4, -0.2) is 14.9 Å². The molecule has 0 fully saturated rings. The van der Waals surface area contributed by atoms with Crippen molar-refractivity contribution in [3.63, 3.8) is 0 Å². The number of aryl methyl sites for hydroxylation is 4. The van der Waals surface area contributed by atoms with Crippen molar-refractivity contribution in [3.05, 3.63) is 213 Å². The second-order valence-corrected chi connectivity index (χ2v) is 15.8. The van der Waals surface area contributed by atoms with E-state index in [0.717, 1.165) is 94.9 Å². The summed E-state index contributed by atoms with van der Waals surface area (Å²) in [5, 5.41) is 10.1. The number of aromatic nitrogens is 4. The smallest absolute Gasteiger partial charge is 0.657 e. The number of hydrogen-bond acceptors (Lipinski definition) is 4. The van der Waals surface area contributed by atoms with Gasteiger partial charge in [-0.1, -0.05) is 144 Å². The fourth-order valence-corrected chi connectivity index (χ4v) is 7.77. The fourth-order valence-electron chi connectivity index (χ4n) is 7.77. The third-order valence-corrected chi connectivity index (χ3v) is 11.1. The van der Waals surface area contributed by atoms with Gasteiger partial charge in [-0.15, -0.1) is 22.1 Å². The minimum Gasteiger partial charge on any atom is -0.657 e. The van der Waals surface area contributed by atoms with Crippen molar-refractivity contribution < 1.29 is 24.4 Å². The molecule has 0 atom stereocenters. The van der Waals surface area contributed by atoms with Crippen LogP contribution in [0.15, 0.2) is 146 Å². The maximum absolute atomic E-state index is 10.1. The van der Waals surface area contributed by atoms with Gasteiger partial charge >= 0.3 is 19.5 Å². The molecule has 8 aromatic rings. The number of nitro groups is 1. The number of nitro benzene ring substituents is 1. The number of non-ortho nitro benzene ring substituents is 1. The van der Waals surface area contributed by atoms with Gasteiger partial charge < -0.3 is 9.97 Å². The molecule has 2 aliphatic rings. The van der Waals surface area contributed by atoms with Crippen molar-refractivity contribution in [1.82, 2.24) is 19.9 Å². The molecule has 0 unspecified atom stereocenters. The minimum atomic E-state index is -0.431. The molecular weight excluding hydrogens is 866 g/mol. The Morgan fingerprint density at radius 3 is 0.905 bits per heavy atom. The summed E-state index contributed by atoms with van der Waals surface area (Å²) in [6.45, 7) is 12.0. The molecule has 8 heteroatoms. The van der Waals surface area contributed by atoms with Gasteiger partial charge in [0.2, 0.25) is 5.69 Å². The second-order valence-electron chi connectivity index (χ2n) is 15.8. The normalized spacial score (nSPS) is 11.4. The summed E-state index contributed by atoms with van der Waals surface area (Å²) in [6, 6.07) is 49.1. The van der Waals surface area contributed by atoms with Gasteiger partial charge in [0.15, 0.2) is 0 Å². The van der Waals surface area contributed by atoms with Crippen molar-refractivity contribution in [2.24, 2.45) is 0 Å². The van der Waals surface area contributed by atoms with Crippen molar-refractivity contribution in [2.45, 2.75) is 27.7 Å². The Kier molecular flexibility index (Phi) is 12.0. The van der Waals surface area contributed by atoms with E-state index in [2.05, 4.69) is 180 Å². The third kappa shape index (κ3) is 8.85. The monoisotopic (exact) mass is 907 g/mol. The van der Waals surface area contributed by atoms with E-state index in [0.29, 0.717) is 0 Å². The molecule has 0 N–H and O–H groups in total. The number of benzene rings is 5. The van der Waals surface area contributed by atoms with Crippen LogP contribution in [0.5, 0.6) is 0 Å². The van der Waals surface area contributed by atoms with Crippen LogP contribution in [0.2, 0.25) is 0 Å². The molecule has 308 valence electrons. The van der Waals surface area contributed by atoms with Crippen LogP contribution in [0.3, 0.4) is 0 Å². The zero-order chi connectivity index (χ0) is 42.9. The van der Waals surface area contributed by atoms with Crippen LogP contribution in [0.25, 0.3) is 90.9 Å². The van der Waals surface area contributed by atoms with Crippen molar-refractivity contribution in [1.29, 1.82) is 0 Å². The molecule has 5 aromatic carbocycles. The van der Waals surface area contributed by atoms with Gasteiger partial charge in [0.1, 0.15) is 0 Å². The first-order valence-electron chi connectivity index (χ1n) is 20.5. The molecule has 2 aliphatic heterocycles. The molecule has 8 bridgehead atoms. The molecule has 3 aromatic heterocycles. The van der Waals surface area contributed by atoms with Crippen molar-refractivity contribution in [2.75, 3.05) is 0 Å². The molecule has 0 saturated heterocycles. The Hall–Kier alpha value is -7.41. The van der Waals surface area contributed by atoms with Gasteiger partial charge in [-0.05, 0) is 109 Å². The van der Waals surface area contributed by atoms with Gasteiger partial charge in [0.25, 0.3) is 0 Å². The summed E-state index contributed by atoms with van der Waals surface area (Å²) in [4.78, 5) is 31.2. The summed E-state index contributed by atoms with van der Waals surface area (Å²) in [6.07, 6.45) is 8.48. The number of hydrogen-bond donors (Lipinski definition) is 0. The SMILES string of the molecule is Cc1ccc(-c2c3nc(c(-c4ccc(C)cc4)c4ccc([n-]4)c(-c4ccc(C)cc4)c4nc(c(-c5ccc(C)cc5)c5ccc2[n-]5)C=C4)C=C3)cc1.[CH2-]c1ccc([N+](=O)[O-])cc1.[Rh+3]. The number of nitrogens with zero attached hydrogens (tertiary/aromatic N) is 5. The molecule has 10 rings (SSSR count). The largest absolute Gasteiger partial charge is 3.00 e. The van der Waals surface area contributed by atoms with E-state index in [-0.39, 0.29) is 25.2 Å². The molecule has 0 spiro atoms. The summed E-state index contributed by atoms with van der Waals surface area (Å²) in [5.41, 5.74) is 20.8. The van der Waals surface area contributed by atoms with Crippen LogP contribution in [-0.2, 0) is 19.5 Å². The molecule has 0 radical (unpaired) electrons. The van der Waals surface area contributed by atoms with E-state index >= 15 is 0 Å². The van der Waals surface area contributed by atoms with E-state index in [1.165, 1.54) is 34.4 Å². The van der Waals surface area contributed by atoms with Crippen molar-refractivity contribution in [3.8, 4) is 44.5 Å². The Morgan fingerprint density at radius 1 is 0.413 bits per heavy atom. The zero-order valence-corrected chi connectivity index (χ0v) is 36.9. The fraction of sp³-hybridized carbons (Fsp3) is 0.0727. The average molecular weight is 908 g/mol. The Bertz CT molecular complexity index is 2840. The summed E-state index contributed by atoms with van der Waals surface area (Å²) in [7, 11) is 0. The molecule has 0 aliphatic carbocycles. The van der Waals surface area contributed by atoms with Gasteiger partial charge in [0, 0.05) is 0 Å². The topological polar surface area (TPSA) is 97.1 Å². The van der Waals surface area contributed by atoms with Crippen LogP contribution in [0, 0.1) is 44.7 Å². The molecule has 63 heavy (non-hydrogen) atoms. The van der Waals surface area contributed by atoms with Crippen LogP contribution in [0.4, 0.5) is 5.69 Å². The van der Waals surface area contributed by atoms with E-state index in [1.807, 2.05) is 0 Å². The molecular formula is C55H42N5O2Rh. The number of fused-ring (bicyclic) bond motifs is 8. The Morgan fingerprint density at radius 2 is 0.667 bits per heavy atom. The molecule has 0 saturated carbocycles. The van der Waals surface area contributed by atoms with E-state index in [4.69, 9.17) is 19.9 Å². The minimum absolute atomic E-state index is 0. The van der Waals surface area contributed by atoms with Gasteiger partial charge in [0.05, 0.1) is 27.7 Å². The van der Waals surface area contributed by atoms with Crippen LogP contribution >= 0.6 is 0 Å². The number of rotatable bonds is 5. The first-order valence-corrected chi connectivity index (χ1v) is 20.5. The van der Waals surface area contributed by atoms with Gasteiger partial charge in [-0.2, -0.15) is 24.6 Å². The predicted octanol–water partition coefficient (Wildman–Crippen LogP) is 13.6. The average Bonchev–Trinajstić information content (AvgIpc) is 4.12. The van der Waals surface area contributed by atoms with Crippen molar-refractivity contribution >= 4 is 52.1 Å². The van der Waals surface area contributed by atoms with Gasteiger partial charge in [-0.25, -0.2) is 9.97 Å². The first kappa shape index (κ1) is 42.3.